The second-order valence-corrected chi connectivity index (χ2v) is 7.53. The minimum atomic E-state index is -4.51. The number of halogens is 4. The van der Waals surface area contributed by atoms with Gasteiger partial charge in [-0.05, 0) is 59.2 Å². The smallest absolute Gasteiger partial charge is 0.428 e. The summed E-state index contributed by atoms with van der Waals surface area (Å²) in [6.07, 6.45) is -6.82. The van der Waals surface area contributed by atoms with E-state index >= 15 is 0 Å². The molecule has 1 aliphatic rings. The molecular weight excluding hydrogens is 390 g/mol. The van der Waals surface area contributed by atoms with Gasteiger partial charge in [0.2, 0.25) is 0 Å². The van der Waals surface area contributed by atoms with Gasteiger partial charge in [0.1, 0.15) is 5.75 Å². The van der Waals surface area contributed by atoms with E-state index in [1.165, 1.54) is 34.2 Å². The number of ether oxygens (including phenoxy) is 1. The summed E-state index contributed by atoms with van der Waals surface area (Å²) in [6.45, 7) is 0. The number of hydrogen-bond acceptors (Lipinski definition) is 3. The number of anilines is 1. The van der Waals surface area contributed by atoms with Crippen LogP contribution in [-0.4, -0.2) is 12.5 Å². The highest BCUT2D eigenvalue weighted by molar-refractivity contribution is 7.13. The van der Waals surface area contributed by atoms with Crippen molar-refractivity contribution in [2.24, 2.45) is 0 Å². The molecule has 0 bridgehead atoms. The van der Waals surface area contributed by atoms with Gasteiger partial charge < -0.3 is 10.1 Å². The molecule has 1 N–H and O–H groups in total. The van der Waals surface area contributed by atoms with Crippen LogP contribution in [0.15, 0.2) is 60.0 Å². The Morgan fingerprint density at radius 1 is 1.07 bits per heavy atom. The molecule has 146 valence electrons. The van der Waals surface area contributed by atoms with E-state index in [9.17, 15) is 17.6 Å². The van der Waals surface area contributed by atoms with Crippen molar-refractivity contribution in [2.45, 2.75) is 31.4 Å². The number of alkyl halides is 4. The van der Waals surface area contributed by atoms with Gasteiger partial charge in [-0.3, -0.25) is 0 Å². The molecule has 1 aromatic heterocycles. The van der Waals surface area contributed by atoms with Crippen molar-refractivity contribution in [3.8, 4) is 16.2 Å². The van der Waals surface area contributed by atoms with Gasteiger partial charge in [-0.15, -0.1) is 11.3 Å². The summed E-state index contributed by atoms with van der Waals surface area (Å²) < 4.78 is 55.4. The number of nitrogens with one attached hydrogen (secondary N) is 1. The number of benzene rings is 2. The van der Waals surface area contributed by atoms with E-state index in [-0.39, 0.29) is 11.8 Å². The van der Waals surface area contributed by atoms with Crippen molar-refractivity contribution in [1.82, 2.24) is 0 Å². The highest BCUT2D eigenvalue weighted by atomic mass is 32.1. The summed E-state index contributed by atoms with van der Waals surface area (Å²) in [6, 6.07) is 16.0. The van der Waals surface area contributed by atoms with Crippen LogP contribution in [0, 0.1) is 0 Å². The fraction of sp³-hybridized carbons (Fsp3) is 0.238. The standard InChI is InChI=1S/C21H17F4NOS/c22-20(23)21(24,25)27-14-5-1-4-13(12-14)17-10-9-15-16(19-8-3-11-28-19)6-2-7-18(15)26-17/h1-8,11-12,17,20,26H,9-10H2. The minimum Gasteiger partial charge on any atom is -0.428 e. The zero-order valence-electron chi connectivity index (χ0n) is 14.7. The quantitative estimate of drug-likeness (QED) is 0.472. The molecule has 2 aromatic carbocycles. The predicted molar refractivity (Wildman–Crippen MR) is 102 cm³/mol. The second kappa shape index (κ2) is 7.47. The number of rotatable bonds is 5. The van der Waals surface area contributed by atoms with Gasteiger partial charge in [-0.2, -0.15) is 17.6 Å². The molecule has 4 rings (SSSR count). The lowest BCUT2D eigenvalue weighted by Gasteiger charge is -2.29. The van der Waals surface area contributed by atoms with Gasteiger partial charge >= 0.3 is 12.5 Å². The summed E-state index contributed by atoms with van der Waals surface area (Å²) in [5.74, 6) is -0.275. The summed E-state index contributed by atoms with van der Waals surface area (Å²) >= 11 is 1.68. The lowest BCUT2D eigenvalue weighted by atomic mass is 9.90. The Labute approximate surface area is 163 Å². The molecule has 0 aliphatic carbocycles. The first kappa shape index (κ1) is 18.8. The van der Waals surface area contributed by atoms with Crippen molar-refractivity contribution in [2.75, 3.05) is 5.32 Å². The van der Waals surface area contributed by atoms with E-state index < -0.39 is 12.5 Å². The molecule has 0 saturated heterocycles. The molecule has 3 aromatic rings. The van der Waals surface area contributed by atoms with Gasteiger partial charge in [-0.1, -0.05) is 30.3 Å². The molecule has 0 fully saturated rings. The maximum atomic E-state index is 13.2. The summed E-state index contributed by atoms with van der Waals surface area (Å²) in [4.78, 5) is 1.20. The third-order valence-corrected chi connectivity index (χ3v) is 5.65. The molecule has 2 nitrogen and oxygen atoms in total. The summed E-state index contributed by atoms with van der Waals surface area (Å²) in [5, 5.41) is 5.48. The maximum absolute atomic E-state index is 13.2. The van der Waals surface area contributed by atoms with E-state index in [1.807, 2.05) is 23.6 Å². The Bertz CT molecular complexity index is 959. The van der Waals surface area contributed by atoms with Gasteiger partial charge in [0.25, 0.3) is 0 Å². The van der Waals surface area contributed by atoms with Crippen LogP contribution in [0.3, 0.4) is 0 Å². The first-order valence-corrected chi connectivity index (χ1v) is 9.69. The van der Waals surface area contributed by atoms with Crippen LogP contribution in [0.2, 0.25) is 0 Å². The Hall–Kier alpha value is -2.54. The summed E-state index contributed by atoms with van der Waals surface area (Å²) in [5.41, 5.74) is 4.12. The molecule has 0 radical (unpaired) electrons. The largest absolute Gasteiger partial charge is 0.461 e. The fourth-order valence-corrected chi connectivity index (χ4v) is 4.23. The van der Waals surface area contributed by atoms with Crippen LogP contribution in [-0.2, 0) is 6.42 Å². The van der Waals surface area contributed by atoms with E-state index in [1.54, 1.807) is 17.4 Å². The topological polar surface area (TPSA) is 21.3 Å². The molecule has 1 atom stereocenters. The molecule has 0 spiro atoms. The van der Waals surface area contributed by atoms with Gasteiger partial charge in [-0.25, -0.2) is 0 Å². The summed E-state index contributed by atoms with van der Waals surface area (Å²) in [7, 11) is 0. The van der Waals surface area contributed by atoms with Crippen LogP contribution in [0.1, 0.15) is 23.6 Å². The number of fused-ring (bicyclic) bond motifs is 1. The van der Waals surface area contributed by atoms with Crippen molar-refractivity contribution in [3.63, 3.8) is 0 Å². The minimum absolute atomic E-state index is 0.116. The van der Waals surface area contributed by atoms with Crippen LogP contribution < -0.4 is 10.1 Å². The number of hydrogen-bond donors (Lipinski definition) is 1. The molecule has 1 aliphatic heterocycles. The van der Waals surface area contributed by atoms with E-state index in [4.69, 9.17) is 0 Å². The van der Waals surface area contributed by atoms with Crippen molar-refractivity contribution in [1.29, 1.82) is 0 Å². The molecule has 0 saturated carbocycles. The van der Waals surface area contributed by atoms with E-state index in [2.05, 4.69) is 22.2 Å². The lowest BCUT2D eigenvalue weighted by Crippen LogP contribution is -2.33. The average Bonchev–Trinajstić information content (AvgIpc) is 3.21. The highest BCUT2D eigenvalue weighted by Crippen LogP contribution is 2.40. The van der Waals surface area contributed by atoms with Gasteiger partial charge in [0.15, 0.2) is 0 Å². The van der Waals surface area contributed by atoms with E-state index in [0.717, 1.165) is 24.1 Å². The molecule has 1 unspecified atom stereocenters. The number of thiophene rings is 1. The SMILES string of the molecule is FC(F)C(F)(F)Oc1cccc(C2CCc3c(cccc3-c3cccs3)N2)c1. The highest BCUT2D eigenvalue weighted by Gasteiger charge is 2.44. The monoisotopic (exact) mass is 407 g/mol. The first-order chi connectivity index (χ1) is 13.4. The van der Waals surface area contributed by atoms with Crippen molar-refractivity contribution < 1.29 is 22.3 Å². The Kier molecular flexibility index (Phi) is 5.02. The first-order valence-electron chi connectivity index (χ1n) is 8.81. The molecule has 28 heavy (non-hydrogen) atoms. The molecule has 2 heterocycles. The van der Waals surface area contributed by atoms with Crippen LogP contribution in [0.5, 0.6) is 5.75 Å². The normalized spacial score (nSPS) is 16.5. The third-order valence-electron chi connectivity index (χ3n) is 4.74. The molecule has 0 amide bonds. The Balaban J connectivity index is 1.57. The average molecular weight is 407 g/mol. The second-order valence-electron chi connectivity index (χ2n) is 6.58. The van der Waals surface area contributed by atoms with Gasteiger partial charge in [0, 0.05) is 10.6 Å². The van der Waals surface area contributed by atoms with E-state index in [0.29, 0.717) is 0 Å². The van der Waals surface area contributed by atoms with Crippen LogP contribution in [0.4, 0.5) is 23.2 Å². The lowest BCUT2D eigenvalue weighted by molar-refractivity contribution is -0.253. The third kappa shape index (κ3) is 3.71. The van der Waals surface area contributed by atoms with Crippen LogP contribution in [0.25, 0.3) is 10.4 Å². The van der Waals surface area contributed by atoms with Crippen LogP contribution >= 0.6 is 11.3 Å². The Morgan fingerprint density at radius 3 is 2.64 bits per heavy atom. The zero-order chi connectivity index (χ0) is 19.7. The zero-order valence-corrected chi connectivity index (χ0v) is 15.5. The Morgan fingerprint density at radius 2 is 1.89 bits per heavy atom. The maximum Gasteiger partial charge on any atom is 0.461 e. The molecule has 7 heteroatoms. The van der Waals surface area contributed by atoms with Crippen molar-refractivity contribution >= 4 is 17.0 Å². The molecular formula is C21H17F4NOS. The predicted octanol–water partition coefficient (Wildman–Crippen LogP) is 6.75. The van der Waals surface area contributed by atoms with Gasteiger partial charge in [0.05, 0.1) is 6.04 Å². The fourth-order valence-electron chi connectivity index (χ4n) is 3.45. The van der Waals surface area contributed by atoms with Crippen molar-refractivity contribution in [3.05, 3.63) is 71.1 Å².